The average Bonchev–Trinajstić information content (AvgIpc) is 2.67. The Morgan fingerprint density at radius 3 is 2.36 bits per heavy atom. The Balaban J connectivity index is 1.72. The molecule has 1 atom stereocenters. The Morgan fingerprint density at radius 2 is 1.71 bits per heavy atom. The summed E-state index contributed by atoms with van der Waals surface area (Å²) >= 11 is 0. The Morgan fingerprint density at radius 1 is 1.07 bits per heavy atom. The lowest BCUT2D eigenvalue weighted by molar-refractivity contribution is -0.125. The van der Waals surface area contributed by atoms with Crippen molar-refractivity contribution in [3.05, 3.63) is 48.0 Å². The minimum absolute atomic E-state index is 0.00974. The normalized spacial score (nSPS) is 14.0. The van der Waals surface area contributed by atoms with Gasteiger partial charge in [0.05, 0.1) is 10.5 Å². The number of anilines is 1. The summed E-state index contributed by atoms with van der Waals surface area (Å²) in [5.74, 6) is -0.668. The van der Waals surface area contributed by atoms with Gasteiger partial charge in [0, 0.05) is 11.8 Å². The van der Waals surface area contributed by atoms with Crippen LogP contribution in [0.15, 0.2) is 47.4 Å². The second-order valence-electron chi connectivity index (χ2n) is 5.94. The minimum atomic E-state index is -3.87. The first kappa shape index (κ1) is 19.5. The molecule has 148 valence electrons. The highest BCUT2D eigenvalue weighted by Crippen LogP contribution is 2.32. The van der Waals surface area contributed by atoms with Crippen LogP contribution < -0.4 is 19.9 Å². The molecule has 3 N–H and O–H groups in total. The van der Waals surface area contributed by atoms with Gasteiger partial charge in [0.25, 0.3) is 15.9 Å². The first-order chi connectivity index (χ1) is 13.3. The summed E-state index contributed by atoms with van der Waals surface area (Å²) in [5.41, 5.74) is 5.44. The second-order valence-corrected chi connectivity index (χ2v) is 7.62. The van der Waals surface area contributed by atoms with E-state index in [0.717, 1.165) is 0 Å². The van der Waals surface area contributed by atoms with Crippen molar-refractivity contribution in [1.82, 2.24) is 0 Å². The third-order valence-corrected chi connectivity index (χ3v) is 5.26. The molecule has 10 heteroatoms. The topological polar surface area (TPSA) is 134 Å². The van der Waals surface area contributed by atoms with Crippen LogP contribution in [0.1, 0.15) is 17.3 Å². The van der Waals surface area contributed by atoms with Gasteiger partial charge in [-0.05, 0) is 43.3 Å². The largest absolute Gasteiger partial charge is 0.486 e. The molecule has 0 fully saturated rings. The van der Waals surface area contributed by atoms with Gasteiger partial charge in [0.15, 0.2) is 17.6 Å². The fourth-order valence-corrected chi connectivity index (χ4v) is 3.44. The van der Waals surface area contributed by atoms with Crippen molar-refractivity contribution >= 4 is 27.6 Å². The fourth-order valence-electron chi connectivity index (χ4n) is 2.37. The summed E-state index contributed by atoms with van der Waals surface area (Å²) in [6.45, 7) is 2.11. The predicted molar refractivity (Wildman–Crippen MR) is 98.8 cm³/mol. The number of amides is 1. The minimum Gasteiger partial charge on any atom is -0.486 e. The van der Waals surface area contributed by atoms with Gasteiger partial charge < -0.3 is 19.9 Å². The Hall–Kier alpha value is -3.27. The predicted octanol–water partition coefficient (Wildman–Crippen LogP) is 1.29. The van der Waals surface area contributed by atoms with Crippen molar-refractivity contribution in [1.29, 1.82) is 0 Å². The van der Waals surface area contributed by atoms with Crippen molar-refractivity contribution in [3.63, 3.8) is 0 Å². The van der Waals surface area contributed by atoms with Crippen LogP contribution in [0.2, 0.25) is 0 Å². The van der Waals surface area contributed by atoms with Crippen molar-refractivity contribution in [2.45, 2.75) is 17.9 Å². The van der Waals surface area contributed by atoms with E-state index in [-0.39, 0.29) is 16.1 Å². The molecule has 0 unspecified atom stereocenters. The molecule has 1 aliphatic heterocycles. The number of carbonyl (C=O) groups excluding carboxylic acids is 2. The standard InChI is InChI=1S/C18H18N2O7S/c1-11(17(19)21)27-18(22)12-2-4-13(5-3-12)20-28(23,24)14-6-7-15-16(10-14)26-9-8-25-15/h2-7,10-11,20H,8-9H2,1H3,(H2,19,21)/t11-/m1/s1. The third kappa shape index (κ3) is 4.34. The monoisotopic (exact) mass is 406 g/mol. The van der Waals surface area contributed by atoms with E-state index in [2.05, 4.69) is 4.72 Å². The maximum atomic E-state index is 12.6. The highest BCUT2D eigenvalue weighted by molar-refractivity contribution is 7.92. The van der Waals surface area contributed by atoms with Crippen LogP contribution in [0.4, 0.5) is 5.69 Å². The summed E-state index contributed by atoms with van der Waals surface area (Å²) < 4.78 is 43.2. The molecule has 1 aliphatic rings. The van der Waals surface area contributed by atoms with Gasteiger partial charge in [-0.25, -0.2) is 13.2 Å². The van der Waals surface area contributed by atoms with Crippen molar-refractivity contribution in [3.8, 4) is 11.5 Å². The van der Waals surface area contributed by atoms with Gasteiger partial charge in [-0.3, -0.25) is 9.52 Å². The van der Waals surface area contributed by atoms with E-state index in [4.69, 9.17) is 19.9 Å². The number of fused-ring (bicyclic) bond motifs is 1. The van der Waals surface area contributed by atoms with Crippen LogP contribution in [-0.2, 0) is 19.6 Å². The fraction of sp³-hybridized carbons (Fsp3) is 0.222. The molecule has 3 rings (SSSR count). The van der Waals surface area contributed by atoms with Crippen LogP contribution in [0.25, 0.3) is 0 Å². The number of benzene rings is 2. The highest BCUT2D eigenvalue weighted by atomic mass is 32.2. The molecule has 0 saturated carbocycles. The number of hydrogen-bond donors (Lipinski definition) is 2. The van der Waals surface area contributed by atoms with Gasteiger partial charge in [-0.2, -0.15) is 0 Å². The van der Waals surface area contributed by atoms with Gasteiger partial charge in [-0.15, -0.1) is 0 Å². The number of nitrogens with two attached hydrogens (primary N) is 1. The smallest absolute Gasteiger partial charge is 0.338 e. The molecule has 0 saturated heterocycles. The second kappa shape index (κ2) is 7.77. The lowest BCUT2D eigenvalue weighted by atomic mass is 10.2. The van der Waals surface area contributed by atoms with Gasteiger partial charge in [0.1, 0.15) is 13.2 Å². The van der Waals surface area contributed by atoms with Gasteiger partial charge >= 0.3 is 5.97 Å². The molecule has 9 nitrogen and oxygen atoms in total. The van der Waals surface area contributed by atoms with Crippen molar-refractivity contribution in [2.75, 3.05) is 17.9 Å². The number of esters is 1. The molecule has 0 radical (unpaired) electrons. The summed E-state index contributed by atoms with van der Waals surface area (Å²) in [7, 11) is -3.87. The number of nitrogens with one attached hydrogen (secondary N) is 1. The molecule has 28 heavy (non-hydrogen) atoms. The lowest BCUT2D eigenvalue weighted by Gasteiger charge is -2.19. The van der Waals surface area contributed by atoms with Gasteiger partial charge in [0.2, 0.25) is 0 Å². The van der Waals surface area contributed by atoms with Crippen LogP contribution in [-0.4, -0.2) is 39.6 Å². The van der Waals surface area contributed by atoms with E-state index < -0.39 is 28.0 Å². The summed E-state index contributed by atoms with van der Waals surface area (Å²) in [4.78, 5) is 22.9. The molecule has 0 aromatic heterocycles. The van der Waals surface area contributed by atoms with E-state index in [1.54, 1.807) is 0 Å². The van der Waals surface area contributed by atoms with Gasteiger partial charge in [-0.1, -0.05) is 0 Å². The Kier molecular flexibility index (Phi) is 5.41. The first-order valence-corrected chi connectivity index (χ1v) is 9.77. The summed E-state index contributed by atoms with van der Waals surface area (Å²) in [5, 5.41) is 0. The van der Waals surface area contributed by atoms with Crippen LogP contribution in [0.3, 0.4) is 0 Å². The molecule has 0 aliphatic carbocycles. The van der Waals surface area contributed by atoms with E-state index >= 15 is 0 Å². The van der Waals surface area contributed by atoms with Crippen LogP contribution >= 0.6 is 0 Å². The number of carbonyl (C=O) groups is 2. The first-order valence-electron chi connectivity index (χ1n) is 8.29. The number of rotatable bonds is 6. The lowest BCUT2D eigenvalue weighted by Crippen LogP contribution is -2.30. The van der Waals surface area contributed by atoms with E-state index in [9.17, 15) is 18.0 Å². The molecule has 2 aromatic rings. The van der Waals surface area contributed by atoms with E-state index in [0.29, 0.717) is 24.7 Å². The summed E-state index contributed by atoms with van der Waals surface area (Å²) in [6.07, 6.45) is -1.07. The maximum Gasteiger partial charge on any atom is 0.338 e. The zero-order chi connectivity index (χ0) is 20.3. The van der Waals surface area contributed by atoms with Crippen LogP contribution in [0, 0.1) is 0 Å². The molecule has 1 amide bonds. The van der Waals surface area contributed by atoms with E-state index in [1.807, 2.05) is 0 Å². The molecular formula is C18H18N2O7S. The third-order valence-electron chi connectivity index (χ3n) is 3.88. The van der Waals surface area contributed by atoms with Crippen molar-refractivity contribution < 1.29 is 32.2 Å². The van der Waals surface area contributed by atoms with Crippen molar-refractivity contribution in [2.24, 2.45) is 5.73 Å². The molecule has 0 spiro atoms. The highest BCUT2D eigenvalue weighted by Gasteiger charge is 2.20. The average molecular weight is 406 g/mol. The number of primary amides is 1. The zero-order valence-corrected chi connectivity index (χ0v) is 15.7. The Bertz CT molecular complexity index is 1000. The molecule has 2 aromatic carbocycles. The maximum absolute atomic E-state index is 12.6. The SMILES string of the molecule is C[C@@H](OC(=O)c1ccc(NS(=O)(=O)c2ccc3c(c2)OCCO3)cc1)C(N)=O. The number of sulfonamides is 1. The molecule has 0 bridgehead atoms. The number of ether oxygens (including phenoxy) is 3. The van der Waals surface area contributed by atoms with Crippen LogP contribution in [0.5, 0.6) is 11.5 Å². The zero-order valence-electron chi connectivity index (χ0n) is 14.9. The quantitative estimate of drug-likeness (QED) is 0.690. The number of hydrogen-bond acceptors (Lipinski definition) is 7. The molecule has 1 heterocycles. The Labute approximate surface area is 161 Å². The summed E-state index contributed by atoms with van der Waals surface area (Å²) in [6, 6.07) is 9.88. The van der Waals surface area contributed by atoms with E-state index in [1.165, 1.54) is 49.4 Å². The molecular weight excluding hydrogens is 388 g/mol.